The van der Waals surface area contributed by atoms with Crippen LogP contribution >= 0.6 is 0 Å². The first kappa shape index (κ1) is 13.7. The Balaban J connectivity index is 2.11. The molecule has 2 aliphatic rings. The van der Waals surface area contributed by atoms with Gasteiger partial charge in [-0.3, -0.25) is 0 Å². The van der Waals surface area contributed by atoms with E-state index in [-0.39, 0.29) is 24.2 Å². The second kappa shape index (κ2) is 4.72. The Bertz CT molecular complexity index is 323. The van der Waals surface area contributed by atoms with Gasteiger partial charge in [-0.05, 0) is 46.5 Å². The molecule has 1 heterocycles. The van der Waals surface area contributed by atoms with Crippen molar-refractivity contribution in [3.63, 3.8) is 0 Å². The van der Waals surface area contributed by atoms with E-state index in [1.54, 1.807) is 0 Å². The van der Waals surface area contributed by atoms with Gasteiger partial charge in [0.15, 0.2) is 0 Å². The summed E-state index contributed by atoms with van der Waals surface area (Å²) in [5.74, 6) is 0. The number of carbonyl (C=O) groups is 1. The van der Waals surface area contributed by atoms with Crippen molar-refractivity contribution >= 4 is 6.09 Å². The summed E-state index contributed by atoms with van der Waals surface area (Å²) < 4.78 is 5.48. The minimum Gasteiger partial charge on any atom is -0.444 e. The van der Waals surface area contributed by atoms with Crippen LogP contribution in [0.1, 0.15) is 52.9 Å². The van der Waals surface area contributed by atoms with Crippen molar-refractivity contribution in [1.82, 2.24) is 4.90 Å². The molecule has 18 heavy (non-hydrogen) atoms. The van der Waals surface area contributed by atoms with Gasteiger partial charge in [0.05, 0.1) is 6.61 Å². The molecule has 0 bridgehead atoms. The lowest BCUT2D eigenvalue weighted by atomic mass is 9.76. The fourth-order valence-corrected chi connectivity index (χ4v) is 3.46. The van der Waals surface area contributed by atoms with Crippen LogP contribution in [-0.2, 0) is 4.74 Å². The van der Waals surface area contributed by atoms with Crippen LogP contribution in [0.2, 0.25) is 0 Å². The fourth-order valence-electron chi connectivity index (χ4n) is 3.46. The summed E-state index contributed by atoms with van der Waals surface area (Å²) in [6.45, 7) is 6.63. The molecule has 2 atom stereocenters. The standard InChI is InChI=1S/C14H25NO3/c1-13(2,3)18-12(17)15-9-5-8-14(10-16)7-4-6-11(14)15/h11,16H,4-10H2,1-3H3/t11-,14-/m0/s1. The van der Waals surface area contributed by atoms with Crippen molar-refractivity contribution < 1.29 is 14.6 Å². The fraction of sp³-hybridized carbons (Fsp3) is 0.929. The van der Waals surface area contributed by atoms with Gasteiger partial charge in [-0.2, -0.15) is 0 Å². The zero-order chi connectivity index (χ0) is 13.4. The minimum atomic E-state index is -0.449. The number of fused-ring (bicyclic) bond motifs is 1. The lowest BCUT2D eigenvalue weighted by molar-refractivity contribution is -0.0308. The van der Waals surface area contributed by atoms with Crippen LogP contribution in [0.4, 0.5) is 4.79 Å². The third kappa shape index (κ3) is 2.48. The van der Waals surface area contributed by atoms with E-state index >= 15 is 0 Å². The molecule has 2 rings (SSSR count). The predicted molar refractivity (Wildman–Crippen MR) is 69.3 cm³/mol. The number of aliphatic hydroxyl groups is 1. The van der Waals surface area contributed by atoms with Gasteiger partial charge in [0, 0.05) is 18.0 Å². The van der Waals surface area contributed by atoms with E-state index in [1.165, 1.54) is 0 Å². The van der Waals surface area contributed by atoms with E-state index < -0.39 is 5.60 Å². The van der Waals surface area contributed by atoms with E-state index in [1.807, 2.05) is 25.7 Å². The second-order valence-electron chi connectivity index (χ2n) is 6.71. The van der Waals surface area contributed by atoms with Crippen LogP contribution in [0, 0.1) is 5.41 Å². The number of aliphatic hydroxyl groups excluding tert-OH is 1. The number of hydrogen-bond acceptors (Lipinski definition) is 3. The lowest BCUT2D eigenvalue weighted by Crippen LogP contribution is -2.54. The molecule has 0 aromatic carbocycles. The van der Waals surface area contributed by atoms with Gasteiger partial charge in [-0.25, -0.2) is 4.79 Å². The number of likely N-dealkylation sites (tertiary alicyclic amines) is 1. The molecule has 1 aliphatic carbocycles. The van der Waals surface area contributed by atoms with E-state index in [0.717, 1.165) is 38.6 Å². The topological polar surface area (TPSA) is 49.8 Å². The molecule has 4 heteroatoms. The number of nitrogens with zero attached hydrogens (tertiary/aromatic N) is 1. The maximum absolute atomic E-state index is 12.2. The zero-order valence-corrected chi connectivity index (χ0v) is 11.7. The van der Waals surface area contributed by atoms with Gasteiger partial charge in [0.2, 0.25) is 0 Å². The minimum absolute atomic E-state index is 0.0604. The summed E-state index contributed by atoms with van der Waals surface area (Å²) in [5.41, 5.74) is -0.510. The highest BCUT2D eigenvalue weighted by atomic mass is 16.6. The average Bonchev–Trinajstić information content (AvgIpc) is 2.70. The molecule has 0 spiro atoms. The first-order valence-electron chi connectivity index (χ1n) is 6.98. The van der Waals surface area contributed by atoms with Crippen molar-refractivity contribution in [3.05, 3.63) is 0 Å². The number of hydrogen-bond donors (Lipinski definition) is 1. The number of rotatable bonds is 1. The summed E-state index contributed by atoms with van der Waals surface area (Å²) in [6, 6.07) is 0.172. The maximum atomic E-state index is 12.2. The van der Waals surface area contributed by atoms with Gasteiger partial charge >= 0.3 is 6.09 Å². The molecule has 0 aromatic rings. The Morgan fingerprint density at radius 1 is 1.39 bits per heavy atom. The average molecular weight is 255 g/mol. The molecule has 0 unspecified atom stereocenters. The number of amides is 1. The summed E-state index contributed by atoms with van der Waals surface area (Å²) in [7, 11) is 0. The Kier molecular flexibility index (Phi) is 3.58. The zero-order valence-electron chi connectivity index (χ0n) is 11.7. The number of carbonyl (C=O) groups excluding carboxylic acids is 1. The summed E-state index contributed by atoms with van der Waals surface area (Å²) in [5, 5.41) is 9.71. The van der Waals surface area contributed by atoms with Crippen LogP contribution in [0.5, 0.6) is 0 Å². The smallest absolute Gasteiger partial charge is 0.410 e. The third-order valence-corrected chi connectivity index (χ3v) is 4.25. The summed E-state index contributed by atoms with van der Waals surface area (Å²) in [4.78, 5) is 14.1. The lowest BCUT2D eigenvalue weighted by Gasteiger charge is -2.45. The third-order valence-electron chi connectivity index (χ3n) is 4.25. The molecule has 1 saturated carbocycles. The highest BCUT2D eigenvalue weighted by Crippen LogP contribution is 2.47. The van der Waals surface area contributed by atoms with Crippen LogP contribution in [0.25, 0.3) is 0 Å². The number of piperidine rings is 1. The van der Waals surface area contributed by atoms with E-state index in [4.69, 9.17) is 4.74 Å². The normalized spacial score (nSPS) is 32.2. The molecular weight excluding hydrogens is 230 g/mol. The number of ether oxygens (including phenoxy) is 1. The van der Waals surface area contributed by atoms with Crippen molar-refractivity contribution in [2.75, 3.05) is 13.2 Å². The Morgan fingerprint density at radius 3 is 2.67 bits per heavy atom. The molecule has 2 fully saturated rings. The molecule has 4 nitrogen and oxygen atoms in total. The molecule has 0 aromatic heterocycles. The predicted octanol–water partition coefficient (Wildman–Crippen LogP) is 2.55. The molecule has 0 radical (unpaired) electrons. The van der Waals surface area contributed by atoms with E-state index in [0.29, 0.717) is 0 Å². The van der Waals surface area contributed by atoms with Gasteiger partial charge in [-0.15, -0.1) is 0 Å². The first-order valence-corrected chi connectivity index (χ1v) is 6.98. The molecule has 104 valence electrons. The SMILES string of the molecule is CC(C)(C)OC(=O)N1CCC[C@]2(CO)CCC[C@H]12. The van der Waals surface area contributed by atoms with Crippen molar-refractivity contribution in [1.29, 1.82) is 0 Å². The molecular formula is C14H25NO3. The molecule has 1 aliphatic heterocycles. The molecule has 1 N–H and O–H groups in total. The maximum Gasteiger partial charge on any atom is 0.410 e. The summed E-state index contributed by atoms with van der Waals surface area (Å²) >= 11 is 0. The van der Waals surface area contributed by atoms with Gasteiger partial charge < -0.3 is 14.7 Å². The van der Waals surface area contributed by atoms with Crippen LogP contribution in [-0.4, -0.2) is 40.9 Å². The first-order chi connectivity index (χ1) is 8.38. The Morgan fingerprint density at radius 2 is 2.06 bits per heavy atom. The van der Waals surface area contributed by atoms with Crippen molar-refractivity contribution in [3.8, 4) is 0 Å². The monoisotopic (exact) mass is 255 g/mol. The van der Waals surface area contributed by atoms with Gasteiger partial charge in [0.25, 0.3) is 0 Å². The van der Waals surface area contributed by atoms with E-state index in [9.17, 15) is 9.90 Å². The van der Waals surface area contributed by atoms with Gasteiger partial charge in [0.1, 0.15) is 5.60 Å². The van der Waals surface area contributed by atoms with Crippen molar-refractivity contribution in [2.45, 2.75) is 64.5 Å². The Labute approximate surface area is 109 Å². The second-order valence-corrected chi connectivity index (χ2v) is 6.71. The largest absolute Gasteiger partial charge is 0.444 e. The highest BCUT2D eigenvalue weighted by molar-refractivity contribution is 5.69. The Hall–Kier alpha value is -0.770. The van der Waals surface area contributed by atoms with Gasteiger partial charge in [-0.1, -0.05) is 6.42 Å². The highest BCUT2D eigenvalue weighted by Gasteiger charge is 2.49. The molecule has 1 saturated heterocycles. The summed E-state index contributed by atoms with van der Waals surface area (Å²) in [6.07, 6.45) is 4.92. The van der Waals surface area contributed by atoms with Crippen LogP contribution < -0.4 is 0 Å². The molecule has 1 amide bonds. The van der Waals surface area contributed by atoms with Crippen molar-refractivity contribution in [2.24, 2.45) is 5.41 Å². The quantitative estimate of drug-likeness (QED) is 0.783. The van der Waals surface area contributed by atoms with E-state index in [2.05, 4.69) is 0 Å². The van der Waals surface area contributed by atoms with Crippen LogP contribution in [0.15, 0.2) is 0 Å². The van der Waals surface area contributed by atoms with Crippen LogP contribution in [0.3, 0.4) is 0 Å².